The number of benzene rings is 3. The van der Waals surface area contributed by atoms with Crippen LogP contribution in [0.15, 0.2) is 72.8 Å². The predicted octanol–water partition coefficient (Wildman–Crippen LogP) is 5.15. The molecule has 4 nitrogen and oxygen atoms in total. The topological polar surface area (TPSA) is 49.8 Å². The molecule has 1 saturated carbocycles. The summed E-state index contributed by atoms with van der Waals surface area (Å²) in [5, 5.41) is 9.92. The van der Waals surface area contributed by atoms with Crippen LogP contribution in [0.25, 0.3) is 11.1 Å². The molecular weight excluding hydrogens is 374 g/mol. The SMILES string of the molecule is CN1CCOc2cc(-c3ccc(C4C(c5ccccc5)C4(C)C(=O)O)cc3)ccc21. The number of fused-ring (bicyclic) bond motifs is 1. The van der Waals surface area contributed by atoms with Crippen LogP contribution in [0.4, 0.5) is 5.69 Å². The number of carboxylic acid groups (broad SMARTS) is 1. The molecule has 0 amide bonds. The Balaban J connectivity index is 1.45. The first-order chi connectivity index (χ1) is 14.5. The number of rotatable bonds is 4. The Morgan fingerprint density at radius 1 is 0.967 bits per heavy atom. The Morgan fingerprint density at radius 2 is 1.60 bits per heavy atom. The molecular formula is C26H25NO3. The third-order valence-electron chi connectivity index (χ3n) is 6.79. The smallest absolute Gasteiger partial charge is 0.310 e. The van der Waals surface area contributed by atoms with Crippen LogP contribution < -0.4 is 9.64 Å². The van der Waals surface area contributed by atoms with E-state index in [2.05, 4.69) is 54.4 Å². The van der Waals surface area contributed by atoms with Gasteiger partial charge in [-0.3, -0.25) is 4.79 Å². The molecule has 1 fully saturated rings. The Hall–Kier alpha value is -3.27. The van der Waals surface area contributed by atoms with Gasteiger partial charge in [0.2, 0.25) is 0 Å². The number of carboxylic acids is 1. The Labute approximate surface area is 176 Å². The van der Waals surface area contributed by atoms with Crippen LogP contribution in [0.5, 0.6) is 5.75 Å². The van der Waals surface area contributed by atoms with Crippen molar-refractivity contribution in [2.45, 2.75) is 18.8 Å². The van der Waals surface area contributed by atoms with Gasteiger partial charge in [0.1, 0.15) is 12.4 Å². The van der Waals surface area contributed by atoms with E-state index >= 15 is 0 Å². The van der Waals surface area contributed by atoms with E-state index in [0.717, 1.165) is 40.2 Å². The third-order valence-corrected chi connectivity index (χ3v) is 6.79. The second-order valence-electron chi connectivity index (χ2n) is 8.53. The maximum Gasteiger partial charge on any atom is 0.310 e. The Kier molecular flexibility index (Phi) is 4.31. The van der Waals surface area contributed by atoms with E-state index in [9.17, 15) is 9.90 Å². The number of hydrogen-bond donors (Lipinski definition) is 1. The molecule has 0 radical (unpaired) electrons. The fraction of sp³-hybridized carbons (Fsp3) is 0.269. The van der Waals surface area contributed by atoms with Crippen molar-refractivity contribution in [1.29, 1.82) is 0 Å². The maximum absolute atomic E-state index is 12.1. The van der Waals surface area contributed by atoms with Crippen molar-refractivity contribution in [2.24, 2.45) is 5.41 Å². The molecule has 3 aromatic carbocycles. The molecule has 1 aliphatic carbocycles. The number of hydrogen-bond acceptors (Lipinski definition) is 3. The summed E-state index contributed by atoms with van der Waals surface area (Å²) >= 11 is 0. The summed E-state index contributed by atoms with van der Waals surface area (Å²) in [6.45, 7) is 3.46. The molecule has 2 aliphatic rings. The van der Waals surface area contributed by atoms with Gasteiger partial charge in [-0.25, -0.2) is 0 Å². The number of aliphatic carboxylic acids is 1. The van der Waals surface area contributed by atoms with Gasteiger partial charge in [-0.15, -0.1) is 0 Å². The van der Waals surface area contributed by atoms with Crippen molar-refractivity contribution in [1.82, 2.24) is 0 Å². The molecule has 3 unspecified atom stereocenters. The van der Waals surface area contributed by atoms with Crippen LogP contribution in [-0.4, -0.2) is 31.3 Å². The molecule has 30 heavy (non-hydrogen) atoms. The molecule has 0 saturated heterocycles. The van der Waals surface area contributed by atoms with E-state index in [1.165, 1.54) is 0 Å². The maximum atomic E-state index is 12.1. The van der Waals surface area contributed by atoms with Gasteiger partial charge in [0.25, 0.3) is 0 Å². The van der Waals surface area contributed by atoms with Gasteiger partial charge in [0, 0.05) is 18.9 Å². The second-order valence-corrected chi connectivity index (χ2v) is 8.53. The Bertz CT molecular complexity index is 1090. The molecule has 0 spiro atoms. The zero-order valence-electron chi connectivity index (χ0n) is 17.2. The molecule has 3 aromatic rings. The first-order valence-corrected chi connectivity index (χ1v) is 10.4. The normalized spacial score (nSPS) is 24.7. The number of likely N-dealkylation sites (N-methyl/N-ethyl adjacent to an activating group) is 1. The monoisotopic (exact) mass is 399 g/mol. The van der Waals surface area contributed by atoms with Gasteiger partial charge in [-0.2, -0.15) is 0 Å². The lowest BCUT2D eigenvalue weighted by Gasteiger charge is -2.28. The third kappa shape index (κ3) is 2.86. The number of nitrogens with zero attached hydrogens (tertiary/aromatic N) is 1. The van der Waals surface area contributed by atoms with E-state index in [1.807, 2.05) is 37.3 Å². The minimum Gasteiger partial charge on any atom is -0.490 e. The average molecular weight is 399 g/mol. The molecule has 0 aromatic heterocycles. The number of anilines is 1. The predicted molar refractivity (Wildman–Crippen MR) is 118 cm³/mol. The van der Waals surface area contributed by atoms with E-state index < -0.39 is 11.4 Å². The standard InChI is InChI=1S/C26H25NO3/c1-26(25(28)29)23(18-6-4-3-5-7-18)24(26)19-10-8-17(9-11-19)20-12-13-21-22(16-20)30-15-14-27(21)2/h3-13,16,23-24H,14-15H2,1-2H3,(H,28,29). The lowest BCUT2D eigenvalue weighted by Crippen LogP contribution is -2.28. The quantitative estimate of drug-likeness (QED) is 0.659. The highest BCUT2D eigenvalue weighted by Crippen LogP contribution is 2.70. The number of carbonyl (C=O) groups is 1. The molecule has 4 heteroatoms. The minimum atomic E-state index is -0.771. The fourth-order valence-corrected chi connectivity index (χ4v) is 4.94. The summed E-state index contributed by atoms with van der Waals surface area (Å²) in [7, 11) is 2.08. The van der Waals surface area contributed by atoms with E-state index in [4.69, 9.17) is 4.74 Å². The van der Waals surface area contributed by atoms with Gasteiger partial charge in [0.15, 0.2) is 0 Å². The van der Waals surface area contributed by atoms with Crippen LogP contribution in [0, 0.1) is 5.41 Å². The lowest BCUT2D eigenvalue weighted by molar-refractivity contribution is -0.143. The van der Waals surface area contributed by atoms with Crippen LogP contribution in [0.1, 0.15) is 29.9 Å². The van der Waals surface area contributed by atoms with E-state index in [1.54, 1.807) is 0 Å². The summed E-state index contributed by atoms with van der Waals surface area (Å²) in [6.07, 6.45) is 0. The first-order valence-electron chi connectivity index (χ1n) is 10.4. The fourth-order valence-electron chi connectivity index (χ4n) is 4.94. The zero-order valence-corrected chi connectivity index (χ0v) is 17.2. The van der Waals surface area contributed by atoms with Gasteiger partial charge < -0.3 is 14.7 Å². The van der Waals surface area contributed by atoms with Crippen molar-refractivity contribution in [3.05, 3.63) is 83.9 Å². The summed E-state index contributed by atoms with van der Waals surface area (Å²) in [6, 6.07) is 24.6. The number of ether oxygens (including phenoxy) is 1. The first kappa shape index (κ1) is 18.7. The van der Waals surface area contributed by atoms with E-state index in [-0.39, 0.29) is 11.8 Å². The van der Waals surface area contributed by atoms with Crippen LogP contribution in [0.2, 0.25) is 0 Å². The van der Waals surface area contributed by atoms with Gasteiger partial charge in [-0.1, -0.05) is 60.7 Å². The summed E-state index contributed by atoms with van der Waals surface area (Å²) in [4.78, 5) is 14.3. The van der Waals surface area contributed by atoms with Crippen molar-refractivity contribution >= 4 is 11.7 Å². The van der Waals surface area contributed by atoms with Crippen LogP contribution in [0.3, 0.4) is 0 Å². The molecule has 1 aliphatic heterocycles. The minimum absolute atomic E-state index is 0.00488. The molecule has 152 valence electrons. The lowest BCUT2D eigenvalue weighted by atomic mass is 9.98. The molecule has 3 atom stereocenters. The average Bonchev–Trinajstić information content (AvgIpc) is 3.42. The Morgan fingerprint density at radius 3 is 2.27 bits per heavy atom. The van der Waals surface area contributed by atoms with Gasteiger partial charge in [0.05, 0.1) is 17.6 Å². The highest BCUT2D eigenvalue weighted by atomic mass is 16.5. The van der Waals surface area contributed by atoms with Crippen LogP contribution >= 0.6 is 0 Å². The summed E-state index contributed by atoms with van der Waals surface area (Å²) in [5.41, 5.74) is 4.72. The summed E-state index contributed by atoms with van der Waals surface area (Å²) < 4.78 is 5.84. The van der Waals surface area contributed by atoms with Crippen LogP contribution in [-0.2, 0) is 4.79 Å². The molecule has 1 heterocycles. The zero-order chi connectivity index (χ0) is 20.9. The van der Waals surface area contributed by atoms with E-state index in [0.29, 0.717) is 6.61 Å². The molecule has 0 bridgehead atoms. The molecule has 1 N–H and O–H groups in total. The second kappa shape index (κ2) is 6.91. The van der Waals surface area contributed by atoms with Gasteiger partial charge in [-0.05, 0) is 41.3 Å². The van der Waals surface area contributed by atoms with Crippen molar-refractivity contribution in [3.63, 3.8) is 0 Å². The van der Waals surface area contributed by atoms with Crippen molar-refractivity contribution < 1.29 is 14.6 Å². The largest absolute Gasteiger partial charge is 0.490 e. The molecule has 5 rings (SSSR count). The highest BCUT2D eigenvalue weighted by Gasteiger charge is 2.67. The van der Waals surface area contributed by atoms with Crippen molar-refractivity contribution in [2.75, 3.05) is 25.1 Å². The van der Waals surface area contributed by atoms with Crippen molar-refractivity contribution in [3.8, 4) is 16.9 Å². The highest BCUT2D eigenvalue weighted by molar-refractivity contribution is 5.83. The summed E-state index contributed by atoms with van der Waals surface area (Å²) in [5.74, 6) is 0.151. The van der Waals surface area contributed by atoms with Gasteiger partial charge >= 0.3 is 5.97 Å².